The lowest BCUT2D eigenvalue weighted by Crippen LogP contribution is -2.20. The first-order chi connectivity index (χ1) is 11.7. The van der Waals surface area contributed by atoms with E-state index in [9.17, 15) is 4.79 Å². The number of thiophene rings is 1. The summed E-state index contributed by atoms with van der Waals surface area (Å²) in [6, 6.07) is 10.0. The molecule has 0 saturated carbocycles. The SMILES string of the molecule is CCc1cc2c(=O)n(CCCCOc3ccc(C)cc3)cnc2s1. The van der Waals surface area contributed by atoms with Gasteiger partial charge >= 0.3 is 0 Å². The zero-order chi connectivity index (χ0) is 16.9. The first kappa shape index (κ1) is 16.7. The van der Waals surface area contributed by atoms with Crippen molar-refractivity contribution < 1.29 is 4.74 Å². The van der Waals surface area contributed by atoms with Crippen molar-refractivity contribution in [2.75, 3.05) is 6.61 Å². The summed E-state index contributed by atoms with van der Waals surface area (Å²) in [5.41, 5.74) is 1.29. The maximum atomic E-state index is 12.5. The number of ether oxygens (including phenoxy) is 1. The normalized spacial score (nSPS) is 11.1. The number of aryl methyl sites for hydroxylation is 3. The van der Waals surface area contributed by atoms with Crippen LogP contribution in [0.4, 0.5) is 0 Å². The van der Waals surface area contributed by atoms with Gasteiger partial charge in [0.1, 0.15) is 10.6 Å². The number of rotatable bonds is 7. The number of aromatic nitrogens is 2. The summed E-state index contributed by atoms with van der Waals surface area (Å²) in [6.45, 7) is 5.49. The fourth-order valence-electron chi connectivity index (χ4n) is 2.55. The Labute approximate surface area is 145 Å². The number of benzene rings is 1. The van der Waals surface area contributed by atoms with Gasteiger partial charge in [-0.1, -0.05) is 24.6 Å². The Morgan fingerprint density at radius 3 is 2.75 bits per heavy atom. The third-order valence-electron chi connectivity index (χ3n) is 4.00. The molecule has 126 valence electrons. The largest absolute Gasteiger partial charge is 0.494 e. The highest BCUT2D eigenvalue weighted by molar-refractivity contribution is 7.18. The van der Waals surface area contributed by atoms with Crippen molar-refractivity contribution in [1.29, 1.82) is 0 Å². The molecular formula is C19H22N2O2S. The van der Waals surface area contributed by atoms with E-state index in [1.165, 1.54) is 10.4 Å². The van der Waals surface area contributed by atoms with E-state index in [0.29, 0.717) is 13.2 Å². The summed E-state index contributed by atoms with van der Waals surface area (Å²) in [5, 5.41) is 0.746. The molecule has 24 heavy (non-hydrogen) atoms. The lowest BCUT2D eigenvalue weighted by molar-refractivity contribution is 0.303. The predicted octanol–water partition coefficient (Wildman–Crippen LogP) is 4.19. The third-order valence-corrected chi connectivity index (χ3v) is 5.19. The Bertz CT molecular complexity index is 865. The van der Waals surface area contributed by atoms with Gasteiger partial charge in [-0.3, -0.25) is 9.36 Å². The summed E-state index contributed by atoms with van der Waals surface area (Å²) in [5.74, 6) is 0.895. The number of hydrogen-bond donors (Lipinski definition) is 0. The first-order valence-electron chi connectivity index (χ1n) is 8.34. The van der Waals surface area contributed by atoms with Gasteiger partial charge in [0.25, 0.3) is 5.56 Å². The molecule has 0 unspecified atom stereocenters. The van der Waals surface area contributed by atoms with Gasteiger partial charge in [0, 0.05) is 11.4 Å². The molecule has 2 heterocycles. The smallest absolute Gasteiger partial charge is 0.262 e. The minimum atomic E-state index is 0.0652. The molecule has 0 bridgehead atoms. The van der Waals surface area contributed by atoms with E-state index in [4.69, 9.17) is 4.74 Å². The van der Waals surface area contributed by atoms with Crippen LogP contribution >= 0.6 is 11.3 Å². The zero-order valence-corrected chi connectivity index (χ0v) is 14.9. The van der Waals surface area contributed by atoms with E-state index in [1.807, 2.05) is 30.3 Å². The van der Waals surface area contributed by atoms with Crippen molar-refractivity contribution in [3.8, 4) is 5.75 Å². The van der Waals surface area contributed by atoms with Crippen LogP contribution in [0.25, 0.3) is 10.2 Å². The molecule has 0 radical (unpaired) electrons. The predicted molar refractivity (Wildman–Crippen MR) is 99.2 cm³/mol. The van der Waals surface area contributed by atoms with E-state index >= 15 is 0 Å². The Morgan fingerprint density at radius 1 is 1.21 bits per heavy atom. The Balaban J connectivity index is 1.53. The van der Waals surface area contributed by atoms with E-state index in [1.54, 1.807) is 22.2 Å². The van der Waals surface area contributed by atoms with E-state index in [0.717, 1.165) is 35.2 Å². The highest BCUT2D eigenvalue weighted by Gasteiger charge is 2.08. The van der Waals surface area contributed by atoms with Crippen LogP contribution in [-0.4, -0.2) is 16.2 Å². The van der Waals surface area contributed by atoms with Crippen LogP contribution in [-0.2, 0) is 13.0 Å². The number of nitrogens with zero attached hydrogens (tertiary/aromatic N) is 2. The second-order valence-electron chi connectivity index (χ2n) is 5.90. The lowest BCUT2D eigenvalue weighted by atomic mass is 10.2. The molecule has 0 fully saturated rings. The average molecular weight is 342 g/mol. The monoisotopic (exact) mass is 342 g/mol. The number of hydrogen-bond acceptors (Lipinski definition) is 4. The molecule has 0 saturated heterocycles. The topological polar surface area (TPSA) is 44.1 Å². The minimum absolute atomic E-state index is 0.0652. The van der Waals surface area contributed by atoms with Crippen LogP contribution in [0, 0.1) is 6.92 Å². The standard InChI is InChI=1S/C19H22N2O2S/c1-3-16-12-17-18(24-16)20-13-21(19(17)22)10-4-5-11-23-15-8-6-14(2)7-9-15/h6-9,12-13H,3-5,10-11H2,1-2H3. The Morgan fingerprint density at radius 2 is 2.00 bits per heavy atom. The average Bonchev–Trinajstić information content (AvgIpc) is 3.02. The maximum absolute atomic E-state index is 12.5. The Kier molecular flexibility index (Phi) is 5.30. The van der Waals surface area contributed by atoms with Crippen molar-refractivity contribution in [3.63, 3.8) is 0 Å². The van der Waals surface area contributed by atoms with Crippen LogP contribution in [0.1, 0.15) is 30.2 Å². The fourth-order valence-corrected chi connectivity index (χ4v) is 3.48. The molecule has 2 aromatic heterocycles. The zero-order valence-electron chi connectivity index (χ0n) is 14.1. The lowest BCUT2D eigenvalue weighted by Gasteiger charge is -2.07. The molecule has 3 aromatic rings. The molecule has 0 N–H and O–H groups in total. The van der Waals surface area contributed by atoms with Crippen LogP contribution < -0.4 is 10.3 Å². The molecule has 4 nitrogen and oxygen atoms in total. The molecule has 0 aliphatic rings. The van der Waals surface area contributed by atoms with E-state index in [2.05, 4.69) is 18.8 Å². The van der Waals surface area contributed by atoms with Crippen LogP contribution in [0.5, 0.6) is 5.75 Å². The summed E-state index contributed by atoms with van der Waals surface area (Å²) in [4.78, 5) is 18.9. The van der Waals surface area contributed by atoms with E-state index in [-0.39, 0.29) is 5.56 Å². The van der Waals surface area contributed by atoms with Gasteiger partial charge in [-0.15, -0.1) is 11.3 Å². The van der Waals surface area contributed by atoms with Gasteiger partial charge in [0.15, 0.2) is 0 Å². The number of fused-ring (bicyclic) bond motifs is 1. The van der Waals surface area contributed by atoms with Crippen molar-refractivity contribution in [2.24, 2.45) is 0 Å². The van der Waals surface area contributed by atoms with Gasteiger partial charge in [-0.2, -0.15) is 0 Å². The van der Waals surface area contributed by atoms with Gasteiger partial charge in [0.2, 0.25) is 0 Å². The molecule has 0 aliphatic carbocycles. The second kappa shape index (κ2) is 7.62. The van der Waals surface area contributed by atoms with Crippen molar-refractivity contribution >= 4 is 21.6 Å². The summed E-state index contributed by atoms with van der Waals surface area (Å²) >= 11 is 1.61. The van der Waals surface area contributed by atoms with Crippen LogP contribution in [0.2, 0.25) is 0 Å². The maximum Gasteiger partial charge on any atom is 0.262 e. The molecule has 0 atom stereocenters. The van der Waals surface area contributed by atoms with Crippen molar-refractivity contribution in [1.82, 2.24) is 9.55 Å². The second-order valence-corrected chi connectivity index (χ2v) is 7.01. The summed E-state index contributed by atoms with van der Waals surface area (Å²) < 4.78 is 7.42. The molecule has 3 rings (SSSR count). The van der Waals surface area contributed by atoms with Gasteiger partial charge in [-0.05, 0) is 44.4 Å². The van der Waals surface area contributed by atoms with E-state index < -0.39 is 0 Å². The highest BCUT2D eigenvalue weighted by Crippen LogP contribution is 2.21. The van der Waals surface area contributed by atoms with Crippen LogP contribution in [0.3, 0.4) is 0 Å². The summed E-state index contributed by atoms with van der Waals surface area (Å²) in [7, 11) is 0. The summed E-state index contributed by atoms with van der Waals surface area (Å²) in [6.07, 6.45) is 4.41. The molecular weight excluding hydrogens is 320 g/mol. The van der Waals surface area contributed by atoms with Gasteiger partial charge in [0.05, 0.1) is 18.3 Å². The van der Waals surface area contributed by atoms with Gasteiger partial charge in [-0.25, -0.2) is 4.98 Å². The molecule has 0 aliphatic heterocycles. The highest BCUT2D eigenvalue weighted by atomic mass is 32.1. The molecule has 1 aromatic carbocycles. The molecule has 0 spiro atoms. The molecule has 5 heteroatoms. The number of unbranched alkanes of at least 4 members (excludes halogenated alkanes) is 1. The Hall–Kier alpha value is -2.14. The van der Waals surface area contributed by atoms with Crippen LogP contribution in [0.15, 0.2) is 41.5 Å². The fraction of sp³-hybridized carbons (Fsp3) is 0.368. The quantitative estimate of drug-likeness (QED) is 0.605. The minimum Gasteiger partial charge on any atom is -0.494 e. The van der Waals surface area contributed by atoms with Crippen molar-refractivity contribution in [3.05, 3.63) is 57.5 Å². The van der Waals surface area contributed by atoms with Gasteiger partial charge < -0.3 is 4.74 Å². The first-order valence-corrected chi connectivity index (χ1v) is 9.16. The van der Waals surface area contributed by atoms with Crippen molar-refractivity contribution in [2.45, 2.75) is 39.7 Å². The molecule has 0 amide bonds. The third kappa shape index (κ3) is 3.85.